The Balaban J connectivity index is 2.02. The summed E-state index contributed by atoms with van der Waals surface area (Å²) in [5.41, 5.74) is 2.45. The van der Waals surface area contributed by atoms with Gasteiger partial charge >= 0.3 is 5.97 Å². The van der Waals surface area contributed by atoms with Crippen LogP contribution in [0.15, 0.2) is 29.4 Å². The molecule has 1 aromatic heterocycles. The highest BCUT2D eigenvalue weighted by molar-refractivity contribution is 7.98. The number of benzene rings is 1. The second kappa shape index (κ2) is 6.33. The van der Waals surface area contributed by atoms with Crippen molar-refractivity contribution in [3.63, 3.8) is 0 Å². The molecule has 0 bridgehead atoms. The van der Waals surface area contributed by atoms with Gasteiger partial charge in [-0.3, -0.25) is 4.79 Å². The van der Waals surface area contributed by atoms with Crippen molar-refractivity contribution >= 4 is 17.7 Å². The van der Waals surface area contributed by atoms with E-state index in [9.17, 15) is 4.79 Å². The number of carbonyl (C=O) groups is 1. The van der Waals surface area contributed by atoms with Crippen molar-refractivity contribution in [2.75, 3.05) is 7.11 Å². The zero-order valence-corrected chi connectivity index (χ0v) is 11.6. The van der Waals surface area contributed by atoms with Crippen molar-refractivity contribution in [2.24, 2.45) is 0 Å². The van der Waals surface area contributed by atoms with Crippen LogP contribution in [0.2, 0.25) is 0 Å². The molecule has 0 atom stereocenters. The molecule has 0 aliphatic rings. The third-order valence-electron chi connectivity index (χ3n) is 2.62. The lowest BCUT2D eigenvalue weighted by Gasteiger charge is -2.05. The van der Waals surface area contributed by atoms with Gasteiger partial charge in [-0.15, -0.1) is 5.10 Å². The molecule has 0 saturated heterocycles. The van der Waals surface area contributed by atoms with Crippen LogP contribution in [0, 0.1) is 6.92 Å². The third kappa shape index (κ3) is 3.54. The molecule has 6 nitrogen and oxygen atoms in total. The maximum absolute atomic E-state index is 11.2. The summed E-state index contributed by atoms with van der Waals surface area (Å²) in [4.78, 5) is 11.2. The van der Waals surface area contributed by atoms with E-state index in [1.54, 1.807) is 0 Å². The van der Waals surface area contributed by atoms with E-state index in [0.29, 0.717) is 5.16 Å². The minimum absolute atomic E-state index is 0.0274. The molecular weight excluding hydrogens is 264 g/mol. The predicted molar refractivity (Wildman–Crippen MR) is 70.6 cm³/mol. The van der Waals surface area contributed by atoms with E-state index in [1.165, 1.54) is 34.7 Å². The molecule has 0 amide bonds. The van der Waals surface area contributed by atoms with Crippen LogP contribution in [0.4, 0.5) is 0 Å². The van der Waals surface area contributed by atoms with Gasteiger partial charge in [-0.2, -0.15) is 0 Å². The number of aromatic nitrogens is 4. The summed E-state index contributed by atoms with van der Waals surface area (Å²) in [6, 6.07) is 8.13. The van der Waals surface area contributed by atoms with E-state index in [0.717, 1.165) is 5.75 Å². The van der Waals surface area contributed by atoms with Crippen LogP contribution >= 0.6 is 11.8 Å². The highest BCUT2D eigenvalue weighted by Gasteiger charge is 2.11. The van der Waals surface area contributed by atoms with E-state index in [4.69, 9.17) is 0 Å². The first kappa shape index (κ1) is 13.5. The summed E-state index contributed by atoms with van der Waals surface area (Å²) in [5.74, 6) is 0.388. The van der Waals surface area contributed by atoms with Gasteiger partial charge in [-0.05, 0) is 28.5 Å². The summed E-state index contributed by atoms with van der Waals surface area (Å²) in [7, 11) is 1.34. The normalized spacial score (nSPS) is 10.4. The standard InChI is InChI=1S/C12H14N4O2S/c1-9-5-3-4-6-10(9)8-19-12-13-14-15-16(12)7-11(17)18-2/h3-6H,7-8H2,1-2H3. The largest absolute Gasteiger partial charge is 0.468 e. The Morgan fingerprint density at radius 1 is 1.42 bits per heavy atom. The Kier molecular flexibility index (Phi) is 4.51. The second-order valence-corrected chi connectivity index (χ2v) is 4.85. The topological polar surface area (TPSA) is 69.9 Å². The number of tetrazole rings is 1. The highest BCUT2D eigenvalue weighted by Crippen LogP contribution is 2.21. The van der Waals surface area contributed by atoms with Crippen molar-refractivity contribution < 1.29 is 9.53 Å². The van der Waals surface area contributed by atoms with Crippen LogP contribution < -0.4 is 0 Å². The molecule has 7 heteroatoms. The van der Waals surface area contributed by atoms with Crippen LogP contribution in [-0.4, -0.2) is 33.3 Å². The highest BCUT2D eigenvalue weighted by atomic mass is 32.2. The van der Waals surface area contributed by atoms with E-state index in [2.05, 4.69) is 39.3 Å². The van der Waals surface area contributed by atoms with Gasteiger partial charge in [-0.1, -0.05) is 36.0 Å². The molecule has 0 fully saturated rings. The first-order chi connectivity index (χ1) is 9.20. The SMILES string of the molecule is COC(=O)Cn1nnnc1SCc1ccccc1C. The number of methoxy groups -OCH3 is 1. The zero-order chi connectivity index (χ0) is 13.7. The number of ether oxygens (including phenoxy) is 1. The van der Waals surface area contributed by atoms with Crippen molar-refractivity contribution in [1.82, 2.24) is 20.2 Å². The average molecular weight is 278 g/mol. The number of hydrogen-bond acceptors (Lipinski definition) is 6. The van der Waals surface area contributed by atoms with Gasteiger partial charge in [0.2, 0.25) is 5.16 Å². The van der Waals surface area contributed by atoms with Gasteiger partial charge in [0.15, 0.2) is 0 Å². The molecule has 2 aromatic rings. The summed E-state index contributed by atoms with van der Waals surface area (Å²) in [6.45, 7) is 2.09. The number of nitrogens with zero attached hydrogens (tertiary/aromatic N) is 4. The fraction of sp³-hybridized carbons (Fsp3) is 0.333. The van der Waals surface area contributed by atoms with Crippen molar-refractivity contribution in [2.45, 2.75) is 24.4 Å². The number of thioether (sulfide) groups is 1. The van der Waals surface area contributed by atoms with Crippen LogP contribution in [0.25, 0.3) is 0 Å². The molecule has 100 valence electrons. The van der Waals surface area contributed by atoms with Crippen LogP contribution in [0.1, 0.15) is 11.1 Å². The van der Waals surface area contributed by atoms with Gasteiger partial charge in [0.25, 0.3) is 0 Å². The Labute approximate surface area is 115 Å². The Morgan fingerprint density at radius 3 is 2.95 bits per heavy atom. The maximum atomic E-state index is 11.2. The fourth-order valence-corrected chi connectivity index (χ4v) is 2.45. The number of aryl methyl sites for hydroxylation is 1. The molecule has 1 heterocycles. The monoisotopic (exact) mass is 278 g/mol. The molecule has 19 heavy (non-hydrogen) atoms. The van der Waals surface area contributed by atoms with Gasteiger partial charge in [0.1, 0.15) is 6.54 Å². The minimum atomic E-state index is -0.370. The van der Waals surface area contributed by atoms with Crippen molar-refractivity contribution in [3.8, 4) is 0 Å². The van der Waals surface area contributed by atoms with E-state index in [1.807, 2.05) is 12.1 Å². The van der Waals surface area contributed by atoms with E-state index >= 15 is 0 Å². The molecular formula is C12H14N4O2S. The number of carbonyl (C=O) groups excluding carboxylic acids is 1. The van der Waals surface area contributed by atoms with Crippen LogP contribution in [0.5, 0.6) is 0 Å². The zero-order valence-electron chi connectivity index (χ0n) is 10.7. The second-order valence-electron chi connectivity index (χ2n) is 3.91. The number of esters is 1. The predicted octanol–water partition coefficient (Wildman–Crippen LogP) is 1.45. The van der Waals surface area contributed by atoms with E-state index in [-0.39, 0.29) is 12.5 Å². The lowest BCUT2D eigenvalue weighted by Crippen LogP contribution is -2.13. The lowest BCUT2D eigenvalue weighted by molar-refractivity contribution is -0.141. The number of hydrogen-bond donors (Lipinski definition) is 0. The van der Waals surface area contributed by atoms with Gasteiger partial charge < -0.3 is 4.74 Å². The Hall–Kier alpha value is -1.89. The molecule has 2 rings (SSSR count). The lowest BCUT2D eigenvalue weighted by atomic mass is 10.1. The van der Waals surface area contributed by atoms with Gasteiger partial charge in [-0.25, -0.2) is 4.68 Å². The van der Waals surface area contributed by atoms with Gasteiger partial charge in [0.05, 0.1) is 7.11 Å². The summed E-state index contributed by atoms with van der Waals surface area (Å²) in [6.07, 6.45) is 0. The van der Waals surface area contributed by atoms with Crippen molar-refractivity contribution in [3.05, 3.63) is 35.4 Å². The van der Waals surface area contributed by atoms with Gasteiger partial charge in [0, 0.05) is 5.75 Å². The molecule has 0 radical (unpaired) electrons. The number of rotatable bonds is 5. The molecule has 0 spiro atoms. The van der Waals surface area contributed by atoms with Crippen LogP contribution in [0.3, 0.4) is 0 Å². The van der Waals surface area contributed by atoms with Crippen LogP contribution in [-0.2, 0) is 21.8 Å². The molecule has 0 N–H and O–H groups in total. The Morgan fingerprint density at radius 2 is 2.21 bits per heavy atom. The van der Waals surface area contributed by atoms with Crippen molar-refractivity contribution in [1.29, 1.82) is 0 Å². The molecule has 0 saturated carbocycles. The summed E-state index contributed by atoms with van der Waals surface area (Å²) in [5, 5.41) is 11.9. The molecule has 0 aliphatic heterocycles. The minimum Gasteiger partial charge on any atom is -0.468 e. The third-order valence-corrected chi connectivity index (χ3v) is 3.63. The Bertz CT molecular complexity index is 570. The quantitative estimate of drug-likeness (QED) is 0.609. The first-order valence-electron chi connectivity index (χ1n) is 5.71. The molecule has 0 aliphatic carbocycles. The molecule has 0 unspecified atom stereocenters. The fourth-order valence-electron chi connectivity index (χ4n) is 1.50. The summed E-state index contributed by atoms with van der Waals surface area (Å²) >= 11 is 1.49. The smallest absolute Gasteiger partial charge is 0.327 e. The summed E-state index contributed by atoms with van der Waals surface area (Å²) < 4.78 is 6.04. The first-order valence-corrected chi connectivity index (χ1v) is 6.69. The average Bonchev–Trinajstić information content (AvgIpc) is 2.85. The van der Waals surface area contributed by atoms with E-state index < -0.39 is 0 Å². The molecule has 1 aromatic carbocycles. The maximum Gasteiger partial charge on any atom is 0.327 e.